The number of methoxy groups -OCH3 is 1. The minimum Gasteiger partial charge on any atom is -0.480 e. The number of nitrogens with two attached hydrogens (primary N) is 1. The molecule has 0 aliphatic heterocycles. The predicted octanol–water partition coefficient (Wildman–Crippen LogP) is 0.282. The van der Waals surface area contributed by atoms with Crippen molar-refractivity contribution in [2.45, 2.75) is 25.5 Å². The molecule has 1 aromatic rings. The molecule has 0 aromatic heterocycles. The molecule has 0 fully saturated rings. The maximum Gasteiger partial charge on any atom is 0.326 e. The number of nitrogens with one attached hydrogen (secondary N) is 1. The number of carboxylic acids is 1. The van der Waals surface area contributed by atoms with E-state index in [9.17, 15) is 14.4 Å². The number of ether oxygens (including phenoxy) is 1. The molecule has 7 heteroatoms. The van der Waals surface area contributed by atoms with Crippen molar-refractivity contribution in [1.29, 1.82) is 0 Å². The zero-order valence-electron chi connectivity index (χ0n) is 11.7. The summed E-state index contributed by atoms with van der Waals surface area (Å²) in [6.07, 6.45) is -0.158. The number of hydrogen-bond donors (Lipinski definition) is 3. The van der Waals surface area contributed by atoms with Gasteiger partial charge >= 0.3 is 5.97 Å². The zero-order valence-corrected chi connectivity index (χ0v) is 11.7. The van der Waals surface area contributed by atoms with Crippen molar-refractivity contribution >= 4 is 17.8 Å². The molecule has 0 spiro atoms. The van der Waals surface area contributed by atoms with E-state index in [1.165, 1.54) is 7.11 Å². The van der Waals surface area contributed by atoms with Crippen LogP contribution in [0.5, 0.6) is 0 Å². The Morgan fingerprint density at radius 3 is 2.67 bits per heavy atom. The third-order valence-corrected chi connectivity index (χ3v) is 2.78. The van der Waals surface area contributed by atoms with Crippen LogP contribution in [-0.2, 0) is 20.9 Å². The molecular weight excluding hydrogens is 276 g/mol. The van der Waals surface area contributed by atoms with Gasteiger partial charge in [0.05, 0.1) is 6.61 Å². The van der Waals surface area contributed by atoms with E-state index >= 15 is 0 Å². The van der Waals surface area contributed by atoms with Gasteiger partial charge in [-0.1, -0.05) is 12.1 Å². The van der Waals surface area contributed by atoms with Crippen LogP contribution >= 0.6 is 0 Å². The molecule has 0 saturated heterocycles. The molecule has 0 saturated carbocycles. The highest BCUT2D eigenvalue weighted by atomic mass is 16.5. The fraction of sp³-hybridized carbons (Fsp3) is 0.357. The number of hydrogen-bond acceptors (Lipinski definition) is 4. The normalized spacial score (nSPS) is 11.7. The van der Waals surface area contributed by atoms with Gasteiger partial charge in [-0.15, -0.1) is 0 Å². The number of aliphatic carboxylic acids is 1. The second kappa shape index (κ2) is 8.01. The average Bonchev–Trinajstić information content (AvgIpc) is 2.43. The molecule has 2 amide bonds. The molecule has 0 aliphatic carbocycles. The highest BCUT2D eigenvalue weighted by Crippen LogP contribution is 2.07. The Morgan fingerprint density at radius 1 is 1.38 bits per heavy atom. The molecule has 0 bridgehead atoms. The lowest BCUT2D eigenvalue weighted by Gasteiger charge is -2.14. The smallest absolute Gasteiger partial charge is 0.326 e. The minimum atomic E-state index is -1.21. The Hall–Kier alpha value is -2.41. The third kappa shape index (κ3) is 5.62. The third-order valence-electron chi connectivity index (χ3n) is 2.78. The van der Waals surface area contributed by atoms with Crippen LogP contribution in [-0.4, -0.2) is 36.0 Å². The number of primary amides is 1. The molecule has 21 heavy (non-hydrogen) atoms. The monoisotopic (exact) mass is 294 g/mol. The van der Waals surface area contributed by atoms with E-state index in [1.807, 2.05) is 0 Å². The Morgan fingerprint density at radius 2 is 2.10 bits per heavy atom. The first-order valence-electron chi connectivity index (χ1n) is 6.34. The lowest BCUT2D eigenvalue weighted by atomic mass is 10.1. The van der Waals surface area contributed by atoms with Crippen molar-refractivity contribution in [1.82, 2.24) is 5.32 Å². The van der Waals surface area contributed by atoms with Gasteiger partial charge in [-0.2, -0.15) is 0 Å². The lowest BCUT2D eigenvalue weighted by Crippen LogP contribution is -2.41. The fourth-order valence-electron chi connectivity index (χ4n) is 1.75. The summed E-state index contributed by atoms with van der Waals surface area (Å²) in [6.45, 7) is 0.352. The summed E-state index contributed by atoms with van der Waals surface area (Å²) in [5.74, 6) is -2.35. The van der Waals surface area contributed by atoms with Crippen LogP contribution in [0.4, 0.5) is 0 Å². The van der Waals surface area contributed by atoms with Crippen LogP contribution in [0.3, 0.4) is 0 Å². The van der Waals surface area contributed by atoms with Gasteiger partial charge in [0, 0.05) is 19.1 Å². The molecule has 0 aliphatic rings. The number of carboxylic acid groups (broad SMARTS) is 1. The minimum absolute atomic E-state index is 0.0475. The van der Waals surface area contributed by atoms with E-state index in [0.29, 0.717) is 12.2 Å². The van der Waals surface area contributed by atoms with Crippen molar-refractivity contribution < 1.29 is 24.2 Å². The van der Waals surface area contributed by atoms with Crippen molar-refractivity contribution in [3.63, 3.8) is 0 Å². The van der Waals surface area contributed by atoms with Gasteiger partial charge in [0.1, 0.15) is 6.04 Å². The highest BCUT2D eigenvalue weighted by molar-refractivity contribution is 5.96. The summed E-state index contributed by atoms with van der Waals surface area (Å²) in [5.41, 5.74) is 6.11. The Bertz CT molecular complexity index is 530. The first kappa shape index (κ1) is 16.6. The molecule has 1 rings (SSSR count). The summed E-state index contributed by atoms with van der Waals surface area (Å²) in [6, 6.07) is 5.51. The SMILES string of the molecule is COCc1cccc(C(=O)N[C@@H](CCC(N)=O)C(=O)O)c1. The van der Waals surface area contributed by atoms with E-state index in [4.69, 9.17) is 15.6 Å². The predicted molar refractivity (Wildman–Crippen MR) is 74.5 cm³/mol. The molecule has 1 aromatic carbocycles. The standard InChI is InChI=1S/C14H18N2O5/c1-21-8-9-3-2-4-10(7-9)13(18)16-11(14(19)20)5-6-12(15)17/h2-4,7,11H,5-6,8H2,1H3,(H2,15,17)(H,16,18)(H,19,20)/t11-/m0/s1. The van der Waals surface area contributed by atoms with Gasteiger partial charge in [-0.3, -0.25) is 9.59 Å². The summed E-state index contributed by atoms with van der Waals surface area (Å²) in [4.78, 5) is 33.8. The molecule has 4 N–H and O–H groups in total. The molecule has 0 heterocycles. The van der Waals surface area contributed by atoms with Gasteiger partial charge in [-0.05, 0) is 24.1 Å². The van der Waals surface area contributed by atoms with Crippen LogP contribution in [0.25, 0.3) is 0 Å². The summed E-state index contributed by atoms with van der Waals surface area (Å²) in [7, 11) is 1.54. The van der Waals surface area contributed by atoms with E-state index in [2.05, 4.69) is 5.32 Å². The summed E-state index contributed by atoms with van der Waals surface area (Å²) >= 11 is 0. The van der Waals surface area contributed by atoms with Crippen molar-refractivity contribution in [3.8, 4) is 0 Å². The van der Waals surface area contributed by atoms with Crippen molar-refractivity contribution in [3.05, 3.63) is 35.4 Å². The fourth-order valence-corrected chi connectivity index (χ4v) is 1.75. The second-order valence-corrected chi connectivity index (χ2v) is 4.50. The molecule has 7 nitrogen and oxygen atoms in total. The lowest BCUT2D eigenvalue weighted by molar-refractivity contribution is -0.139. The Kier molecular flexibility index (Phi) is 6.35. The van der Waals surface area contributed by atoms with Crippen LogP contribution < -0.4 is 11.1 Å². The van der Waals surface area contributed by atoms with E-state index in [-0.39, 0.29) is 12.8 Å². The first-order valence-corrected chi connectivity index (χ1v) is 6.34. The van der Waals surface area contributed by atoms with Gasteiger partial charge in [0.2, 0.25) is 5.91 Å². The Labute approximate surface area is 122 Å². The maximum atomic E-state index is 12.0. The van der Waals surface area contributed by atoms with Crippen molar-refractivity contribution in [2.75, 3.05) is 7.11 Å². The maximum absolute atomic E-state index is 12.0. The number of carbonyl (C=O) groups excluding carboxylic acids is 2. The van der Waals surface area contributed by atoms with Crippen molar-refractivity contribution in [2.24, 2.45) is 5.73 Å². The Balaban J connectivity index is 2.74. The van der Waals surface area contributed by atoms with E-state index in [1.54, 1.807) is 24.3 Å². The summed E-state index contributed by atoms with van der Waals surface area (Å²) < 4.78 is 4.97. The van der Waals surface area contributed by atoms with E-state index < -0.39 is 23.8 Å². The van der Waals surface area contributed by atoms with Crippen LogP contribution in [0, 0.1) is 0 Å². The second-order valence-electron chi connectivity index (χ2n) is 4.50. The molecule has 114 valence electrons. The molecule has 1 atom stereocenters. The number of rotatable bonds is 8. The topological polar surface area (TPSA) is 119 Å². The van der Waals surface area contributed by atoms with Gasteiger partial charge in [0.15, 0.2) is 0 Å². The van der Waals surface area contributed by atoms with Gasteiger partial charge in [-0.25, -0.2) is 4.79 Å². The summed E-state index contributed by atoms with van der Waals surface area (Å²) in [5, 5.41) is 11.4. The number of benzene rings is 1. The molecule has 0 unspecified atom stereocenters. The van der Waals surface area contributed by atoms with Gasteiger partial charge < -0.3 is 20.9 Å². The van der Waals surface area contributed by atoms with Crippen LogP contribution in [0.15, 0.2) is 24.3 Å². The number of carbonyl (C=O) groups is 3. The van der Waals surface area contributed by atoms with E-state index in [0.717, 1.165) is 5.56 Å². The first-order chi connectivity index (χ1) is 9.93. The molecule has 0 radical (unpaired) electrons. The highest BCUT2D eigenvalue weighted by Gasteiger charge is 2.21. The van der Waals surface area contributed by atoms with Gasteiger partial charge in [0.25, 0.3) is 5.91 Å². The molecular formula is C14H18N2O5. The van der Waals surface area contributed by atoms with Crippen LogP contribution in [0.1, 0.15) is 28.8 Å². The van der Waals surface area contributed by atoms with Crippen LogP contribution in [0.2, 0.25) is 0 Å². The average molecular weight is 294 g/mol. The zero-order chi connectivity index (χ0) is 15.8. The number of amides is 2. The largest absolute Gasteiger partial charge is 0.480 e. The quantitative estimate of drug-likeness (QED) is 0.636.